The molecule has 0 saturated carbocycles. The number of hydrogen-bond acceptors (Lipinski definition) is 10. The summed E-state index contributed by atoms with van der Waals surface area (Å²) in [5.41, 5.74) is 1.77. The number of primary amides is 1. The van der Waals surface area contributed by atoms with Crippen molar-refractivity contribution in [3.05, 3.63) is 51.5 Å². The highest BCUT2D eigenvalue weighted by atomic mass is 16.5. The molecule has 1 aromatic carbocycles. The van der Waals surface area contributed by atoms with Crippen LogP contribution in [-0.4, -0.2) is 85.0 Å². The van der Waals surface area contributed by atoms with Gasteiger partial charge < -0.3 is 36.4 Å². The minimum atomic E-state index is -2.71. The van der Waals surface area contributed by atoms with Gasteiger partial charge in [-0.15, -0.1) is 0 Å². The molecular weight excluding hydrogens is 460 g/mol. The second-order valence-corrected chi connectivity index (χ2v) is 9.09. The van der Waals surface area contributed by atoms with E-state index in [4.69, 9.17) is 15.9 Å². The van der Waals surface area contributed by atoms with E-state index in [1.54, 1.807) is 14.1 Å². The first-order valence-electron chi connectivity index (χ1n) is 10.7. The third-order valence-electron chi connectivity index (χ3n) is 6.94. The molecule has 1 amide bonds. The van der Waals surface area contributed by atoms with Crippen LogP contribution in [0.25, 0.3) is 0 Å². The molecule has 4 atom stereocenters. The fourth-order valence-corrected chi connectivity index (χ4v) is 5.51. The number of carbonyl (C=O) groups excluding carboxylic acids is 3. The zero-order valence-electron chi connectivity index (χ0n) is 18.8. The molecule has 3 aliphatic rings. The molecule has 0 aliphatic heterocycles. The number of carbonyl (C=O) groups is 3. The quantitative estimate of drug-likeness (QED) is 0.152. The molecule has 0 bridgehead atoms. The number of benzene rings is 1. The van der Waals surface area contributed by atoms with Gasteiger partial charge in [0, 0.05) is 17.1 Å². The minimum Gasteiger partial charge on any atom is -0.510 e. The molecule has 11 nitrogen and oxygen atoms in total. The summed E-state index contributed by atoms with van der Waals surface area (Å²) in [5, 5.41) is 62.0. The number of hydrogen-bond donors (Lipinski definition) is 7. The van der Waals surface area contributed by atoms with Crippen LogP contribution in [0.15, 0.2) is 34.8 Å². The number of Topliss-reactive ketones (excluding diaryl/α,β-unsaturated/α-hetero) is 2. The van der Waals surface area contributed by atoms with Gasteiger partial charge in [0.1, 0.15) is 22.8 Å². The first-order valence-corrected chi connectivity index (χ1v) is 10.7. The Hall–Kier alpha value is -3.69. The molecule has 11 heteroatoms. The summed E-state index contributed by atoms with van der Waals surface area (Å²) >= 11 is 0. The number of nitrogens with two attached hydrogens (primary N) is 1. The van der Waals surface area contributed by atoms with E-state index >= 15 is 0 Å². The third-order valence-corrected chi connectivity index (χ3v) is 6.94. The number of fused-ring (bicyclic) bond motifs is 3. The van der Waals surface area contributed by atoms with Gasteiger partial charge in [0.25, 0.3) is 5.91 Å². The van der Waals surface area contributed by atoms with Crippen molar-refractivity contribution in [3.8, 4) is 17.6 Å². The van der Waals surface area contributed by atoms with E-state index in [1.807, 2.05) is 0 Å². The van der Waals surface area contributed by atoms with Crippen molar-refractivity contribution in [1.82, 2.24) is 4.90 Å². The van der Waals surface area contributed by atoms with Crippen LogP contribution in [0.4, 0.5) is 0 Å². The maximum Gasteiger partial charge on any atom is 0.255 e. The van der Waals surface area contributed by atoms with Crippen LogP contribution in [0.1, 0.15) is 27.9 Å². The molecule has 0 fully saturated rings. The second kappa shape index (κ2) is 8.21. The van der Waals surface area contributed by atoms with Gasteiger partial charge in [0.2, 0.25) is 12.1 Å². The highest BCUT2D eigenvalue weighted by Gasteiger charge is 2.63. The van der Waals surface area contributed by atoms with Gasteiger partial charge in [0.15, 0.2) is 11.4 Å². The lowest BCUT2D eigenvalue weighted by atomic mass is 9.58. The molecule has 0 radical (unpaired) electrons. The Kier molecular flexibility index (Phi) is 5.73. The highest BCUT2D eigenvalue weighted by molar-refractivity contribution is 6.24. The zero-order valence-corrected chi connectivity index (χ0v) is 18.8. The number of aliphatic hydroxyl groups is 5. The molecule has 3 aliphatic carbocycles. The predicted molar refractivity (Wildman–Crippen MR) is 119 cm³/mol. The van der Waals surface area contributed by atoms with Crippen LogP contribution in [0, 0.1) is 23.7 Å². The van der Waals surface area contributed by atoms with Crippen molar-refractivity contribution in [3.63, 3.8) is 0 Å². The smallest absolute Gasteiger partial charge is 0.255 e. The number of likely N-dealkylation sites (N-methyl/N-ethyl adjacent to an activating group) is 1. The molecule has 0 unspecified atom stereocenters. The third kappa shape index (κ3) is 3.42. The van der Waals surface area contributed by atoms with E-state index in [-0.39, 0.29) is 29.5 Å². The van der Waals surface area contributed by atoms with Crippen molar-refractivity contribution >= 4 is 17.5 Å². The van der Waals surface area contributed by atoms with Gasteiger partial charge in [-0.05, 0) is 56.5 Å². The summed E-state index contributed by atoms with van der Waals surface area (Å²) in [5.74, 6) is -2.67. The summed E-state index contributed by atoms with van der Waals surface area (Å²) in [7, 11) is 3.08. The first kappa shape index (κ1) is 24.4. The Balaban J connectivity index is 1.95. The first-order chi connectivity index (χ1) is 16.3. The number of aliphatic hydroxyl groups excluding tert-OH is 3. The summed E-state index contributed by atoms with van der Waals surface area (Å²) in [6, 6.07) is 1.50. The number of amides is 1. The summed E-state index contributed by atoms with van der Waals surface area (Å²) in [4.78, 5) is 40.1. The average Bonchev–Trinajstić information content (AvgIpc) is 2.75. The van der Waals surface area contributed by atoms with Gasteiger partial charge in [-0.1, -0.05) is 5.92 Å². The van der Waals surface area contributed by atoms with E-state index in [9.17, 15) is 34.8 Å². The predicted octanol–water partition coefficient (Wildman–Crippen LogP) is -1.22. The number of phenolic OH excluding ortho intramolecular Hbond substituents is 1. The molecule has 4 rings (SSSR count). The Morgan fingerprint density at radius 3 is 2.43 bits per heavy atom. The van der Waals surface area contributed by atoms with Crippen LogP contribution in [0.2, 0.25) is 0 Å². The van der Waals surface area contributed by atoms with Gasteiger partial charge >= 0.3 is 0 Å². The molecule has 184 valence electrons. The van der Waals surface area contributed by atoms with Crippen LogP contribution in [0.5, 0.6) is 5.75 Å². The van der Waals surface area contributed by atoms with Gasteiger partial charge in [-0.3, -0.25) is 19.3 Å². The van der Waals surface area contributed by atoms with Crippen molar-refractivity contribution in [2.24, 2.45) is 17.6 Å². The standard InChI is InChI=1S/C24H24N2O9/c1-26(2)18-12-8-10-7-11-9(4-6-14(28)29)3-5-13(27)16(11)19(30)15(10)21(32)24(12,35)22(33)17(20(18)31)23(25)34/h3,5,10,12,14,18,27-29,31-32,35H,7-8H2,1-2H3,(H2,25,34)/t10-,12-,18-,24-/m0/s1. The fraction of sp³-hybridized carbons (Fsp3) is 0.375. The van der Waals surface area contributed by atoms with Gasteiger partial charge in [0.05, 0.1) is 11.6 Å². The topological polar surface area (TPSA) is 202 Å². The molecular formula is C24H24N2O9. The molecule has 1 aromatic rings. The summed E-state index contributed by atoms with van der Waals surface area (Å²) in [6.45, 7) is 0. The lowest BCUT2D eigenvalue weighted by Crippen LogP contribution is -2.63. The Labute approximate surface area is 199 Å². The van der Waals surface area contributed by atoms with Gasteiger partial charge in [-0.25, -0.2) is 0 Å². The van der Waals surface area contributed by atoms with E-state index < -0.39 is 70.1 Å². The zero-order chi connectivity index (χ0) is 26.0. The van der Waals surface area contributed by atoms with Crippen LogP contribution in [-0.2, 0) is 16.0 Å². The van der Waals surface area contributed by atoms with Crippen molar-refractivity contribution < 1.29 is 45.0 Å². The lowest BCUT2D eigenvalue weighted by molar-refractivity contribution is -0.148. The fourth-order valence-electron chi connectivity index (χ4n) is 5.51. The van der Waals surface area contributed by atoms with E-state index in [0.29, 0.717) is 5.56 Å². The molecule has 0 aromatic heterocycles. The monoisotopic (exact) mass is 484 g/mol. The van der Waals surface area contributed by atoms with E-state index in [0.717, 1.165) is 0 Å². The number of nitrogens with zero attached hydrogens (tertiary/aromatic N) is 1. The van der Waals surface area contributed by atoms with Crippen LogP contribution >= 0.6 is 0 Å². The van der Waals surface area contributed by atoms with E-state index in [2.05, 4.69) is 11.8 Å². The average molecular weight is 484 g/mol. The van der Waals surface area contributed by atoms with Crippen molar-refractivity contribution in [2.75, 3.05) is 14.1 Å². The normalized spacial score (nSPS) is 27.9. The minimum absolute atomic E-state index is 0.0501. The molecule has 0 saturated heterocycles. The van der Waals surface area contributed by atoms with Gasteiger partial charge in [-0.2, -0.15) is 0 Å². The maximum atomic E-state index is 13.5. The van der Waals surface area contributed by atoms with Crippen LogP contribution < -0.4 is 5.73 Å². The number of phenols is 1. The van der Waals surface area contributed by atoms with Crippen molar-refractivity contribution in [2.45, 2.75) is 30.8 Å². The number of ketones is 2. The molecule has 0 spiro atoms. The molecule has 0 heterocycles. The number of allylic oxidation sites excluding steroid dienone is 1. The van der Waals surface area contributed by atoms with Crippen LogP contribution in [0.3, 0.4) is 0 Å². The van der Waals surface area contributed by atoms with Crippen molar-refractivity contribution in [1.29, 1.82) is 0 Å². The second-order valence-electron chi connectivity index (χ2n) is 9.09. The lowest BCUT2D eigenvalue weighted by Gasteiger charge is -2.50. The molecule has 35 heavy (non-hydrogen) atoms. The largest absolute Gasteiger partial charge is 0.510 e. The summed E-state index contributed by atoms with van der Waals surface area (Å²) < 4.78 is 0. The summed E-state index contributed by atoms with van der Waals surface area (Å²) in [6.07, 6.45) is -1.93. The van der Waals surface area contributed by atoms with E-state index in [1.165, 1.54) is 17.0 Å². The SMILES string of the molecule is CN(C)[C@@H]1C(O)=C(C(N)=O)C(=O)[C@@]2(O)C(O)=C3C(=O)c4c(O)ccc(C#CC(O)O)c4C[C@H]3C[C@@H]12. The maximum absolute atomic E-state index is 13.5. The number of rotatable bonds is 2. The molecule has 8 N–H and O–H groups in total. The Morgan fingerprint density at radius 1 is 1.20 bits per heavy atom. The number of aromatic hydroxyl groups is 1. The highest BCUT2D eigenvalue weighted by Crippen LogP contribution is 2.52. The Bertz CT molecular complexity index is 1300. The Morgan fingerprint density at radius 2 is 1.86 bits per heavy atom.